The summed E-state index contributed by atoms with van der Waals surface area (Å²) in [7, 11) is 0. The normalized spacial score (nSPS) is 20.1. The van der Waals surface area contributed by atoms with Crippen molar-refractivity contribution >= 4 is 17.4 Å². The minimum Gasteiger partial charge on any atom is -0.477 e. The van der Waals surface area contributed by atoms with Gasteiger partial charge in [-0.1, -0.05) is 18.5 Å². The molecule has 1 aromatic heterocycles. The van der Waals surface area contributed by atoms with Crippen molar-refractivity contribution < 1.29 is 9.53 Å². The molecule has 4 nitrogen and oxygen atoms in total. The van der Waals surface area contributed by atoms with Gasteiger partial charge in [0.1, 0.15) is 5.56 Å². The molecule has 1 aromatic rings. The lowest BCUT2D eigenvalue weighted by molar-refractivity contribution is 0.100. The summed E-state index contributed by atoms with van der Waals surface area (Å²) in [6.45, 7) is 4.89. The molecule has 0 saturated heterocycles. The Morgan fingerprint density at radius 1 is 1.71 bits per heavy atom. The molecular formula is C9H11ClN2O2. The van der Waals surface area contributed by atoms with Crippen LogP contribution in [0.25, 0.3) is 0 Å². The van der Waals surface area contributed by atoms with E-state index >= 15 is 0 Å². The lowest BCUT2D eigenvalue weighted by Gasteiger charge is -2.20. The van der Waals surface area contributed by atoms with Gasteiger partial charge in [-0.2, -0.15) is 5.10 Å². The summed E-state index contributed by atoms with van der Waals surface area (Å²) in [5.41, 5.74) is 0.401. The molecule has 14 heavy (non-hydrogen) atoms. The van der Waals surface area contributed by atoms with E-state index in [-0.39, 0.29) is 10.9 Å². The number of carbonyl (C=O) groups is 1. The predicted octanol–water partition coefficient (Wildman–Crippen LogP) is 1.77. The van der Waals surface area contributed by atoms with Crippen molar-refractivity contribution in [3.05, 3.63) is 10.7 Å². The van der Waals surface area contributed by atoms with Crippen molar-refractivity contribution in [3.8, 4) is 5.88 Å². The van der Waals surface area contributed by atoms with Gasteiger partial charge < -0.3 is 4.74 Å². The summed E-state index contributed by atoms with van der Waals surface area (Å²) in [6.07, 6.45) is 0. The van der Waals surface area contributed by atoms with Crippen LogP contribution in [0.1, 0.15) is 24.2 Å². The highest BCUT2D eigenvalue weighted by Crippen LogP contribution is 2.30. The summed E-state index contributed by atoms with van der Waals surface area (Å²) in [5, 5.41) is 4.30. The molecular weight excluding hydrogens is 204 g/mol. The summed E-state index contributed by atoms with van der Waals surface area (Å²) < 4.78 is 7.10. The molecule has 0 bridgehead atoms. The van der Waals surface area contributed by atoms with Crippen LogP contribution < -0.4 is 4.74 Å². The zero-order valence-corrected chi connectivity index (χ0v) is 8.84. The Morgan fingerprint density at radius 2 is 2.43 bits per heavy atom. The topological polar surface area (TPSA) is 44.1 Å². The molecule has 1 aliphatic heterocycles. The molecule has 1 aliphatic rings. The Morgan fingerprint density at radius 3 is 3.07 bits per heavy atom. The van der Waals surface area contributed by atoms with Crippen LogP contribution in [0.5, 0.6) is 5.88 Å². The van der Waals surface area contributed by atoms with E-state index in [0.717, 1.165) is 6.54 Å². The zero-order chi connectivity index (χ0) is 10.3. The van der Waals surface area contributed by atoms with E-state index < -0.39 is 0 Å². The van der Waals surface area contributed by atoms with Crippen molar-refractivity contribution in [2.45, 2.75) is 20.4 Å². The van der Waals surface area contributed by atoms with Gasteiger partial charge in [0, 0.05) is 5.92 Å². The maximum Gasteiger partial charge on any atom is 0.224 e. The number of carbonyl (C=O) groups excluding carboxylic acids is 1. The average molecular weight is 215 g/mol. The standard InChI is InChI=1S/C9H11ClN2O2/c1-5-3-12-9(14-4-5)7(6(2)13)8(10)11-12/h5H,3-4H2,1-2H3. The van der Waals surface area contributed by atoms with E-state index in [9.17, 15) is 4.79 Å². The third kappa shape index (κ3) is 1.39. The van der Waals surface area contributed by atoms with Gasteiger partial charge in [-0.05, 0) is 6.92 Å². The molecule has 0 spiro atoms. The number of ether oxygens (including phenoxy) is 1. The van der Waals surface area contributed by atoms with Crippen LogP contribution in [0.15, 0.2) is 0 Å². The molecule has 1 atom stereocenters. The molecule has 2 heterocycles. The number of hydrogen-bond acceptors (Lipinski definition) is 3. The molecule has 0 aliphatic carbocycles. The van der Waals surface area contributed by atoms with E-state index in [0.29, 0.717) is 24.0 Å². The first-order chi connectivity index (χ1) is 6.59. The summed E-state index contributed by atoms with van der Waals surface area (Å²) in [5.74, 6) is 0.810. The molecule has 0 saturated carbocycles. The third-order valence-electron chi connectivity index (χ3n) is 2.20. The van der Waals surface area contributed by atoms with Gasteiger partial charge in [0.2, 0.25) is 5.88 Å². The van der Waals surface area contributed by atoms with Crippen molar-refractivity contribution in [1.29, 1.82) is 0 Å². The maximum absolute atomic E-state index is 11.3. The number of Topliss-reactive ketones (excluding diaryl/α,β-unsaturated/α-hetero) is 1. The van der Waals surface area contributed by atoms with Gasteiger partial charge in [0.25, 0.3) is 0 Å². The number of aromatic nitrogens is 2. The van der Waals surface area contributed by atoms with Crippen LogP contribution in [0.4, 0.5) is 0 Å². The fraction of sp³-hybridized carbons (Fsp3) is 0.556. The van der Waals surface area contributed by atoms with Crippen LogP contribution >= 0.6 is 11.6 Å². The fourth-order valence-electron chi connectivity index (χ4n) is 1.55. The third-order valence-corrected chi connectivity index (χ3v) is 2.47. The highest BCUT2D eigenvalue weighted by atomic mass is 35.5. The van der Waals surface area contributed by atoms with Crippen molar-refractivity contribution in [2.75, 3.05) is 6.61 Å². The largest absolute Gasteiger partial charge is 0.477 e. The summed E-state index contributed by atoms with van der Waals surface area (Å²) >= 11 is 5.85. The van der Waals surface area contributed by atoms with Crippen molar-refractivity contribution in [3.63, 3.8) is 0 Å². The Bertz CT molecular complexity index is 386. The lowest BCUT2D eigenvalue weighted by Crippen LogP contribution is -2.24. The quantitative estimate of drug-likeness (QED) is 0.670. The van der Waals surface area contributed by atoms with Gasteiger partial charge >= 0.3 is 0 Å². The van der Waals surface area contributed by atoms with E-state index in [1.807, 2.05) is 0 Å². The Labute approximate surface area is 86.8 Å². The van der Waals surface area contributed by atoms with E-state index in [1.165, 1.54) is 6.92 Å². The van der Waals surface area contributed by atoms with Crippen LogP contribution in [0, 0.1) is 5.92 Å². The highest BCUT2D eigenvalue weighted by molar-refractivity contribution is 6.33. The summed E-state index contributed by atoms with van der Waals surface area (Å²) in [6, 6.07) is 0. The molecule has 0 radical (unpaired) electrons. The van der Waals surface area contributed by atoms with Crippen LogP contribution in [0.3, 0.4) is 0 Å². The van der Waals surface area contributed by atoms with Crippen LogP contribution in [-0.4, -0.2) is 22.2 Å². The van der Waals surface area contributed by atoms with Gasteiger partial charge in [-0.15, -0.1) is 0 Å². The molecule has 0 N–H and O–H groups in total. The van der Waals surface area contributed by atoms with Crippen LogP contribution in [0.2, 0.25) is 5.15 Å². The zero-order valence-electron chi connectivity index (χ0n) is 8.08. The van der Waals surface area contributed by atoms with Gasteiger partial charge in [0.15, 0.2) is 10.9 Å². The second-order valence-corrected chi connectivity index (χ2v) is 3.98. The molecule has 0 amide bonds. The van der Waals surface area contributed by atoms with E-state index in [1.54, 1.807) is 4.68 Å². The fourth-order valence-corrected chi connectivity index (χ4v) is 1.86. The molecule has 5 heteroatoms. The number of halogens is 1. The van der Waals surface area contributed by atoms with Crippen molar-refractivity contribution in [1.82, 2.24) is 9.78 Å². The van der Waals surface area contributed by atoms with Gasteiger partial charge in [-0.3, -0.25) is 4.79 Å². The molecule has 76 valence electrons. The SMILES string of the molecule is CC(=O)c1c(Cl)nn2c1OCC(C)C2. The van der Waals surface area contributed by atoms with E-state index in [4.69, 9.17) is 16.3 Å². The monoisotopic (exact) mass is 214 g/mol. The number of hydrogen-bond donors (Lipinski definition) is 0. The van der Waals surface area contributed by atoms with Gasteiger partial charge in [-0.25, -0.2) is 4.68 Å². The molecule has 1 unspecified atom stereocenters. The number of rotatable bonds is 1. The predicted molar refractivity (Wildman–Crippen MR) is 51.9 cm³/mol. The molecule has 0 fully saturated rings. The highest BCUT2D eigenvalue weighted by Gasteiger charge is 2.26. The van der Waals surface area contributed by atoms with Crippen molar-refractivity contribution in [2.24, 2.45) is 5.92 Å². The first-order valence-corrected chi connectivity index (χ1v) is 4.87. The second-order valence-electron chi connectivity index (χ2n) is 3.63. The minimum absolute atomic E-state index is 0.106. The maximum atomic E-state index is 11.3. The Balaban J connectivity index is 2.49. The van der Waals surface area contributed by atoms with Crippen LogP contribution in [-0.2, 0) is 6.54 Å². The first-order valence-electron chi connectivity index (χ1n) is 4.49. The molecule has 0 aromatic carbocycles. The molecule has 2 rings (SSSR count). The first kappa shape index (κ1) is 9.52. The Kier molecular flexibility index (Phi) is 2.23. The second kappa shape index (κ2) is 3.28. The Hall–Kier alpha value is -1.03. The number of nitrogens with zero attached hydrogens (tertiary/aromatic N) is 2. The number of fused-ring (bicyclic) bond motifs is 1. The number of ketones is 1. The minimum atomic E-state index is -0.106. The summed E-state index contributed by atoms with van der Waals surface area (Å²) in [4.78, 5) is 11.3. The smallest absolute Gasteiger partial charge is 0.224 e. The van der Waals surface area contributed by atoms with Gasteiger partial charge in [0.05, 0.1) is 13.2 Å². The van der Waals surface area contributed by atoms with E-state index in [2.05, 4.69) is 12.0 Å². The lowest BCUT2D eigenvalue weighted by atomic mass is 10.2. The average Bonchev–Trinajstić information content (AvgIpc) is 2.39.